The molecule has 1 atom stereocenters. The topological polar surface area (TPSA) is 133 Å². The van der Waals surface area contributed by atoms with Gasteiger partial charge in [0.15, 0.2) is 5.16 Å². The average molecular weight is 475 g/mol. The number of ether oxygens (including phenoxy) is 1. The molecule has 2 heterocycles. The molecule has 11 heteroatoms. The van der Waals surface area contributed by atoms with Crippen LogP contribution in [-0.4, -0.2) is 42.3 Å². The second-order valence-electron chi connectivity index (χ2n) is 7.37. The third-order valence-corrected chi connectivity index (χ3v) is 6.90. The number of primary sulfonamides is 1. The summed E-state index contributed by atoms with van der Waals surface area (Å²) in [6.45, 7) is 1.04. The number of hydrogen-bond donors (Lipinski definition) is 2. The minimum Gasteiger partial charge on any atom is -0.376 e. The lowest BCUT2D eigenvalue weighted by molar-refractivity contribution is -0.113. The molecule has 1 aliphatic heterocycles. The first-order valence-corrected chi connectivity index (χ1v) is 12.5. The first-order chi connectivity index (χ1) is 15.3. The summed E-state index contributed by atoms with van der Waals surface area (Å²) in [6.07, 6.45) is 1.75. The van der Waals surface area contributed by atoms with Crippen molar-refractivity contribution in [3.05, 3.63) is 58.9 Å². The monoisotopic (exact) mass is 474 g/mol. The molecule has 1 saturated heterocycles. The molecule has 1 aliphatic rings. The maximum atomic E-state index is 13.1. The maximum absolute atomic E-state index is 13.1. The number of anilines is 1. The van der Waals surface area contributed by atoms with E-state index in [9.17, 15) is 18.0 Å². The van der Waals surface area contributed by atoms with Crippen LogP contribution in [0.25, 0.3) is 10.9 Å². The molecular weight excluding hydrogens is 452 g/mol. The third kappa shape index (κ3) is 5.18. The molecule has 168 valence electrons. The molecule has 4 rings (SSSR count). The molecule has 3 aromatic rings. The van der Waals surface area contributed by atoms with Crippen LogP contribution in [0.2, 0.25) is 0 Å². The van der Waals surface area contributed by atoms with Crippen molar-refractivity contribution in [1.82, 2.24) is 9.55 Å². The highest BCUT2D eigenvalue weighted by molar-refractivity contribution is 7.99. The lowest BCUT2D eigenvalue weighted by atomic mass is 10.2. The number of carbonyl (C=O) groups excluding carboxylic acids is 1. The van der Waals surface area contributed by atoms with Crippen molar-refractivity contribution in [1.29, 1.82) is 0 Å². The Morgan fingerprint density at radius 2 is 2.06 bits per heavy atom. The molecule has 0 saturated carbocycles. The van der Waals surface area contributed by atoms with E-state index in [1.165, 1.54) is 18.2 Å². The Bertz CT molecular complexity index is 1320. The largest absolute Gasteiger partial charge is 0.376 e. The highest BCUT2D eigenvalue weighted by Crippen LogP contribution is 2.22. The SMILES string of the molecule is NS(=O)(=O)c1cccc(NC(=O)CSc2nc3ccccc3c(=O)n2C[C@H]2CCCO2)c1. The lowest BCUT2D eigenvalue weighted by Gasteiger charge is -2.16. The van der Waals surface area contributed by atoms with Crippen LogP contribution in [0.5, 0.6) is 0 Å². The second-order valence-corrected chi connectivity index (χ2v) is 9.88. The number of thioether (sulfide) groups is 1. The Morgan fingerprint density at radius 1 is 1.25 bits per heavy atom. The number of sulfonamides is 1. The van der Waals surface area contributed by atoms with E-state index in [-0.39, 0.29) is 28.2 Å². The molecule has 0 spiro atoms. The van der Waals surface area contributed by atoms with Gasteiger partial charge < -0.3 is 10.1 Å². The number of nitrogens with two attached hydrogens (primary N) is 1. The van der Waals surface area contributed by atoms with Crippen molar-refractivity contribution in [3.63, 3.8) is 0 Å². The zero-order chi connectivity index (χ0) is 22.7. The highest BCUT2D eigenvalue weighted by atomic mass is 32.2. The number of rotatable bonds is 7. The van der Waals surface area contributed by atoms with Gasteiger partial charge in [0.05, 0.1) is 34.2 Å². The van der Waals surface area contributed by atoms with E-state index >= 15 is 0 Å². The minimum atomic E-state index is -3.88. The molecule has 2 aromatic carbocycles. The van der Waals surface area contributed by atoms with Crippen LogP contribution in [0.1, 0.15) is 12.8 Å². The highest BCUT2D eigenvalue weighted by Gasteiger charge is 2.21. The van der Waals surface area contributed by atoms with Gasteiger partial charge in [-0.25, -0.2) is 18.5 Å². The molecule has 1 amide bonds. The number of amides is 1. The first-order valence-electron chi connectivity index (χ1n) is 9.98. The van der Waals surface area contributed by atoms with Gasteiger partial charge in [0.25, 0.3) is 5.56 Å². The van der Waals surface area contributed by atoms with E-state index in [1.807, 2.05) is 0 Å². The molecule has 0 radical (unpaired) electrons. The van der Waals surface area contributed by atoms with Crippen molar-refractivity contribution in [2.24, 2.45) is 5.14 Å². The molecule has 9 nitrogen and oxygen atoms in total. The van der Waals surface area contributed by atoms with Gasteiger partial charge in [-0.05, 0) is 43.2 Å². The zero-order valence-corrected chi connectivity index (χ0v) is 18.7. The smallest absolute Gasteiger partial charge is 0.262 e. The number of hydrogen-bond acceptors (Lipinski definition) is 7. The number of nitrogens with zero attached hydrogens (tertiary/aromatic N) is 2. The van der Waals surface area contributed by atoms with Crippen molar-refractivity contribution in [3.8, 4) is 0 Å². The summed E-state index contributed by atoms with van der Waals surface area (Å²) in [4.78, 5) is 30.1. The first kappa shape index (κ1) is 22.5. The number of aromatic nitrogens is 2. The van der Waals surface area contributed by atoms with Gasteiger partial charge in [-0.1, -0.05) is 30.0 Å². The van der Waals surface area contributed by atoms with Crippen molar-refractivity contribution in [2.45, 2.75) is 35.5 Å². The number of benzene rings is 2. The molecule has 32 heavy (non-hydrogen) atoms. The van der Waals surface area contributed by atoms with Gasteiger partial charge in [0, 0.05) is 12.3 Å². The van der Waals surface area contributed by atoms with E-state index in [1.54, 1.807) is 34.9 Å². The molecule has 0 unspecified atom stereocenters. The Hall–Kier alpha value is -2.73. The second kappa shape index (κ2) is 9.41. The zero-order valence-electron chi connectivity index (χ0n) is 17.1. The third-order valence-electron chi connectivity index (χ3n) is 5.02. The van der Waals surface area contributed by atoms with Gasteiger partial charge >= 0.3 is 0 Å². The Labute approximate surface area is 189 Å². The Kier molecular flexibility index (Phi) is 6.60. The summed E-state index contributed by atoms with van der Waals surface area (Å²) < 4.78 is 30.3. The Balaban J connectivity index is 1.54. The van der Waals surface area contributed by atoms with Crippen LogP contribution in [0.3, 0.4) is 0 Å². The summed E-state index contributed by atoms with van der Waals surface area (Å²) in [5.41, 5.74) is 0.699. The standard InChI is InChI=1S/C21H22N4O5S2/c22-32(28,29)16-7-3-5-14(11-16)23-19(26)13-31-21-24-18-9-2-1-8-17(18)20(27)25(21)12-15-6-4-10-30-15/h1-3,5,7-9,11,15H,4,6,10,12-13H2,(H,23,26)(H2,22,28,29)/t15-/m1/s1. The quantitative estimate of drug-likeness (QED) is 0.395. The van der Waals surface area contributed by atoms with Crippen LogP contribution in [0.4, 0.5) is 5.69 Å². The van der Waals surface area contributed by atoms with Crippen LogP contribution in [-0.2, 0) is 26.1 Å². The molecule has 0 bridgehead atoms. The molecule has 0 aliphatic carbocycles. The normalized spacial score (nSPS) is 16.3. The van der Waals surface area contributed by atoms with Crippen molar-refractivity contribution in [2.75, 3.05) is 17.7 Å². The molecule has 1 aromatic heterocycles. The minimum absolute atomic E-state index is 0.0179. The van der Waals surface area contributed by atoms with Gasteiger partial charge in [0.2, 0.25) is 15.9 Å². The summed E-state index contributed by atoms with van der Waals surface area (Å²) in [7, 11) is -3.88. The van der Waals surface area contributed by atoms with Gasteiger partial charge in [-0.15, -0.1) is 0 Å². The van der Waals surface area contributed by atoms with Gasteiger partial charge in [-0.2, -0.15) is 0 Å². The fourth-order valence-corrected chi connectivity index (χ4v) is 4.86. The fraction of sp³-hybridized carbons (Fsp3) is 0.286. The van der Waals surface area contributed by atoms with E-state index in [2.05, 4.69) is 10.3 Å². The van der Waals surface area contributed by atoms with Gasteiger partial charge in [-0.3, -0.25) is 14.2 Å². The van der Waals surface area contributed by atoms with E-state index in [0.29, 0.717) is 34.9 Å². The van der Waals surface area contributed by atoms with Gasteiger partial charge in [0.1, 0.15) is 0 Å². The van der Waals surface area contributed by atoms with Crippen LogP contribution < -0.4 is 16.0 Å². The number of fused-ring (bicyclic) bond motifs is 1. The number of carbonyl (C=O) groups is 1. The summed E-state index contributed by atoms with van der Waals surface area (Å²) in [6, 6.07) is 12.8. The number of nitrogens with one attached hydrogen (secondary N) is 1. The molecule has 3 N–H and O–H groups in total. The number of para-hydroxylation sites is 1. The van der Waals surface area contributed by atoms with E-state index < -0.39 is 10.0 Å². The van der Waals surface area contributed by atoms with Crippen molar-refractivity contribution < 1.29 is 17.9 Å². The summed E-state index contributed by atoms with van der Waals surface area (Å²) in [5.74, 6) is -0.386. The predicted octanol–water partition coefficient (Wildman–Crippen LogP) is 1.95. The lowest BCUT2D eigenvalue weighted by Crippen LogP contribution is -2.29. The Morgan fingerprint density at radius 3 is 2.81 bits per heavy atom. The van der Waals surface area contributed by atoms with Crippen LogP contribution in [0.15, 0.2) is 63.4 Å². The molecular formula is C21H22N4O5S2. The summed E-state index contributed by atoms with van der Waals surface area (Å²) >= 11 is 1.14. The predicted molar refractivity (Wildman–Crippen MR) is 122 cm³/mol. The van der Waals surface area contributed by atoms with Crippen LogP contribution >= 0.6 is 11.8 Å². The van der Waals surface area contributed by atoms with Crippen molar-refractivity contribution >= 4 is 44.3 Å². The fourth-order valence-electron chi connectivity index (χ4n) is 3.49. The van der Waals surface area contributed by atoms with E-state index in [0.717, 1.165) is 24.6 Å². The average Bonchev–Trinajstić information content (AvgIpc) is 3.27. The van der Waals surface area contributed by atoms with Crippen LogP contribution in [0, 0.1) is 0 Å². The van der Waals surface area contributed by atoms with E-state index in [4.69, 9.17) is 9.88 Å². The molecule has 1 fully saturated rings. The maximum Gasteiger partial charge on any atom is 0.262 e. The summed E-state index contributed by atoms with van der Waals surface area (Å²) in [5, 5.41) is 8.73.